The Labute approximate surface area is 162 Å². The van der Waals surface area contributed by atoms with Gasteiger partial charge in [-0.2, -0.15) is 0 Å². The van der Waals surface area contributed by atoms with Crippen molar-refractivity contribution >= 4 is 12.0 Å². The maximum Gasteiger partial charge on any atom is 0.318 e. The van der Waals surface area contributed by atoms with Crippen molar-refractivity contribution in [3.8, 4) is 0 Å². The molecule has 2 fully saturated rings. The summed E-state index contributed by atoms with van der Waals surface area (Å²) in [5.41, 5.74) is 0.338. The van der Waals surface area contributed by atoms with E-state index in [9.17, 15) is 19.1 Å². The Bertz CT molecular complexity index is 891. The Morgan fingerprint density at radius 3 is 2.82 bits per heavy atom. The number of nitrogens with zero attached hydrogens (tertiary/aromatic N) is 2. The number of likely N-dealkylation sites (tertiary alicyclic amines) is 1. The number of aliphatic carboxylic acids is 1. The monoisotopic (exact) mass is 383 g/mol. The predicted molar refractivity (Wildman–Crippen MR) is 100.0 cm³/mol. The summed E-state index contributed by atoms with van der Waals surface area (Å²) in [5.74, 6) is -1.23. The number of fused-ring (bicyclic) bond motifs is 1. The van der Waals surface area contributed by atoms with E-state index in [0.29, 0.717) is 24.2 Å². The van der Waals surface area contributed by atoms with Crippen molar-refractivity contribution in [2.24, 2.45) is 11.3 Å². The number of amides is 2. The van der Waals surface area contributed by atoms with Crippen LogP contribution in [0.2, 0.25) is 0 Å². The number of halogens is 1. The molecule has 28 heavy (non-hydrogen) atoms. The lowest BCUT2D eigenvalue weighted by molar-refractivity contribution is -0.149. The molecule has 4 rings (SSSR count). The molecule has 7 heteroatoms. The van der Waals surface area contributed by atoms with E-state index in [0.717, 1.165) is 12.8 Å². The van der Waals surface area contributed by atoms with Crippen molar-refractivity contribution < 1.29 is 19.1 Å². The lowest BCUT2D eigenvalue weighted by Crippen LogP contribution is -2.43. The number of carboxylic acid groups (broad SMARTS) is 1. The quantitative estimate of drug-likeness (QED) is 0.849. The summed E-state index contributed by atoms with van der Waals surface area (Å²) in [7, 11) is 0. The smallest absolute Gasteiger partial charge is 0.318 e. The number of carbonyl (C=O) groups excluding carboxylic acids is 1. The average Bonchev–Trinajstić information content (AvgIpc) is 3.25. The first-order valence-corrected chi connectivity index (χ1v) is 9.45. The minimum atomic E-state index is -0.837. The molecule has 1 saturated heterocycles. The van der Waals surface area contributed by atoms with Gasteiger partial charge in [0.25, 0.3) is 0 Å². The Balaban J connectivity index is 1.58. The molecule has 0 radical (unpaired) electrons. The highest BCUT2D eigenvalue weighted by atomic mass is 19.1. The standard InChI is InChI=1S/C21H22FN3O3/c22-16-7-3-5-14(11-16)18(17-8-1-2-10-23-17)24-20(28)25-12-15-6-4-9-21(15,13-25)19(26)27/h1-3,5,7-8,10-11,15,18H,4,6,9,12-13H2,(H,24,28)(H,26,27)/t15-,18?,21+/m0/s1. The molecular formula is C21H22FN3O3. The minimum absolute atomic E-state index is 0.0155. The van der Waals surface area contributed by atoms with E-state index in [4.69, 9.17) is 0 Å². The van der Waals surface area contributed by atoms with Crippen molar-refractivity contribution in [3.05, 3.63) is 65.7 Å². The lowest BCUT2D eigenvalue weighted by atomic mass is 9.81. The second kappa shape index (κ2) is 7.22. The van der Waals surface area contributed by atoms with Gasteiger partial charge in [0.15, 0.2) is 0 Å². The molecule has 1 aromatic carbocycles. The number of nitrogens with one attached hydrogen (secondary N) is 1. The van der Waals surface area contributed by atoms with Gasteiger partial charge in [-0.3, -0.25) is 9.78 Å². The van der Waals surface area contributed by atoms with Crippen LogP contribution in [0.4, 0.5) is 9.18 Å². The number of rotatable bonds is 4. The first-order valence-electron chi connectivity index (χ1n) is 9.45. The number of hydrogen-bond acceptors (Lipinski definition) is 3. The number of pyridine rings is 1. The van der Waals surface area contributed by atoms with E-state index in [-0.39, 0.29) is 18.5 Å². The third-order valence-electron chi connectivity index (χ3n) is 6.02. The summed E-state index contributed by atoms with van der Waals surface area (Å²) in [4.78, 5) is 30.7. The van der Waals surface area contributed by atoms with Gasteiger partial charge in [0, 0.05) is 19.3 Å². The van der Waals surface area contributed by atoms with Gasteiger partial charge < -0.3 is 15.3 Å². The summed E-state index contributed by atoms with van der Waals surface area (Å²) < 4.78 is 13.8. The third-order valence-corrected chi connectivity index (χ3v) is 6.02. The summed E-state index contributed by atoms with van der Waals surface area (Å²) in [5, 5.41) is 12.7. The normalized spacial score (nSPS) is 24.6. The molecule has 1 aromatic heterocycles. The molecule has 6 nitrogen and oxygen atoms in total. The third kappa shape index (κ3) is 3.21. The zero-order valence-electron chi connectivity index (χ0n) is 15.3. The predicted octanol–water partition coefficient (Wildman–Crippen LogP) is 3.21. The van der Waals surface area contributed by atoms with Crippen molar-refractivity contribution in [1.82, 2.24) is 15.2 Å². The van der Waals surface area contributed by atoms with Crippen molar-refractivity contribution in [2.45, 2.75) is 25.3 Å². The van der Waals surface area contributed by atoms with Crippen LogP contribution in [0.15, 0.2) is 48.7 Å². The van der Waals surface area contributed by atoms with Crippen LogP contribution in [0.1, 0.15) is 36.6 Å². The van der Waals surface area contributed by atoms with Gasteiger partial charge in [-0.25, -0.2) is 9.18 Å². The van der Waals surface area contributed by atoms with Gasteiger partial charge in [0.1, 0.15) is 5.82 Å². The van der Waals surface area contributed by atoms with Crippen LogP contribution < -0.4 is 5.32 Å². The van der Waals surface area contributed by atoms with Crippen LogP contribution in [-0.2, 0) is 4.79 Å². The molecule has 1 aliphatic carbocycles. The Morgan fingerprint density at radius 2 is 2.14 bits per heavy atom. The molecule has 3 atom stereocenters. The topological polar surface area (TPSA) is 82.5 Å². The van der Waals surface area contributed by atoms with Crippen LogP contribution in [0.25, 0.3) is 0 Å². The summed E-state index contributed by atoms with van der Waals surface area (Å²) in [6, 6.07) is 10.4. The van der Waals surface area contributed by atoms with Crippen LogP contribution in [0.5, 0.6) is 0 Å². The molecule has 0 bridgehead atoms. The van der Waals surface area contributed by atoms with E-state index in [2.05, 4.69) is 10.3 Å². The molecule has 1 aliphatic heterocycles. The van der Waals surface area contributed by atoms with Crippen LogP contribution >= 0.6 is 0 Å². The molecule has 2 amide bonds. The highest BCUT2D eigenvalue weighted by Gasteiger charge is 2.55. The average molecular weight is 383 g/mol. The van der Waals surface area contributed by atoms with Crippen molar-refractivity contribution in [1.29, 1.82) is 0 Å². The number of hydrogen-bond donors (Lipinski definition) is 2. The Morgan fingerprint density at radius 1 is 1.29 bits per heavy atom. The van der Waals surface area contributed by atoms with E-state index in [1.807, 2.05) is 0 Å². The molecule has 146 valence electrons. The number of urea groups is 1. The lowest BCUT2D eigenvalue weighted by Gasteiger charge is -2.25. The van der Waals surface area contributed by atoms with E-state index in [1.165, 1.54) is 12.1 Å². The fourth-order valence-electron chi connectivity index (χ4n) is 4.57. The maximum absolute atomic E-state index is 13.8. The summed E-state index contributed by atoms with van der Waals surface area (Å²) in [6.45, 7) is 0.632. The van der Waals surface area contributed by atoms with Crippen molar-refractivity contribution in [3.63, 3.8) is 0 Å². The zero-order chi connectivity index (χ0) is 19.7. The van der Waals surface area contributed by atoms with Gasteiger partial charge in [0.05, 0.1) is 17.2 Å². The fourth-order valence-corrected chi connectivity index (χ4v) is 4.57. The minimum Gasteiger partial charge on any atom is -0.481 e. The molecule has 2 aromatic rings. The highest BCUT2D eigenvalue weighted by Crippen LogP contribution is 2.48. The van der Waals surface area contributed by atoms with Gasteiger partial charge in [-0.05, 0) is 48.6 Å². The van der Waals surface area contributed by atoms with Gasteiger partial charge in [-0.1, -0.05) is 24.6 Å². The second-order valence-corrected chi connectivity index (χ2v) is 7.62. The highest BCUT2D eigenvalue weighted by molar-refractivity contribution is 5.81. The van der Waals surface area contributed by atoms with Gasteiger partial charge >= 0.3 is 12.0 Å². The van der Waals surface area contributed by atoms with Gasteiger partial charge in [-0.15, -0.1) is 0 Å². The summed E-state index contributed by atoms with van der Waals surface area (Å²) in [6.07, 6.45) is 3.92. The van der Waals surface area contributed by atoms with Crippen molar-refractivity contribution in [2.75, 3.05) is 13.1 Å². The molecule has 2 N–H and O–H groups in total. The van der Waals surface area contributed by atoms with Gasteiger partial charge in [0.2, 0.25) is 0 Å². The van der Waals surface area contributed by atoms with Crippen LogP contribution in [0.3, 0.4) is 0 Å². The van der Waals surface area contributed by atoms with E-state index >= 15 is 0 Å². The number of benzene rings is 1. The van der Waals surface area contributed by atoms with Crippen LogP contribution in [0, 0.1) is 17.2 Å². The number of carbonyl (C=O) groups is 2. The molecule has 1 unspecified atom stereocenters. The van der Waals surface area contributed by atoms with E-state index in [1.54, 1.807) is 41.4 Å². The Hall–Kier alpha value is -2.96. The Kier molecular flexibility index (Phi) is 4.75. The largest absolute Gasteiger partial charge is 0.481 e. The first kappa shape index (κ1) is 18.4. The number of carboxylic acids is 1. The first-order chi connectivity index (χ1) is 13.5. The molecule has 0 spiro atoms. The zero-order valence-corrected chi connectivity index (χ0v) is 15.3. The van der Waals surface area contributed by atoms with Crippen LogP contribution in [-0.4, -0.2) is 40.1 Å². The molecule has 1 saturated carbocycles. The summed E-state index contributed by atoms with van der Waals surface area (Å²) >= 11 is 0. The fraction of sp³-hybridized carbons (Fsp3) is 0.381. The van der Waals surface area contributed by atoms with E-state index < -0.39 is 23.2 Å². The maximum atomic E-state index is 13.8. The second-order valence-electron chi connectivity index (χ2n) is 7.62. The molecule has 2 heterocycles. The number of aromatic nitrogens is 1. The SMILES string of the molecule is O=C(NC(c1cccc(F)c1)c1ccccn1)N1C[C@@H]2CCC[C@@]2(C(=O)O)C1. The molecular weight excluding hydrogens is 361 g/mol. The molecule has 2 aliphatic rings.